The van der Waals surface area contributed by atoms with Crippen LogP contribution in [-0.2, 0) is 4.74 Å². The van der Waals surface area contributed by atoms with Gasteiger partial charge in [0.15, 0.2) is 0 Å². The first-order valence-corrected chi connectivity index (χ1v) is 5.69. The molecule has 1 heterocycles. The molecule has 0 radical (unpaired) electrons. The third kappa shape index (κ3) is 2.42. The van der Waals surface area contributed by atoms with E-state index in [4.69, 9.17) is 9.47 Å². The zero-order valence-electron chi connectivity index (χ0n) is 9.97. The maximum absolute atomic E-state index is 11.6. The summed E-state index contributed by atoms with van der Waals surface area (Å²) in [5, 5.41) is 9.26. The number of hydrogen-bond donors (Lipinski definition) is 1. The minimum atomic E-state index is -0.386. The average Bonchev–Trinajstić information content (AvgIpc) is 2.63. The molecular weight excluding hydrogens is 220 g/mol. The molecule has 1 aromatic rings. The van der Waals surface area contributed by atoms with E-state index in [0.29, 0.717) is 24.2 Å². The van der Waals surface area contributed by atoms with E-state index in [1.165, 1.54) is 0 Å². The van der Waals surface area contributed by atoms with Crippen LogP contribution in [0.1, 0.15) is 41.8 Å². The van der Waals surface area contributed by atoms with Crippen molar-refractivity contribution in [3.05, 3.63) is 29.3 Å². The van der Waals surface area contributed by atoms with E-state index in [2.05, 4.69) is 0 Å². The van der Waals surface area contributed by atoms with Crippen LogP contribution >= 0.6 is 0 Å². The second-order valence-electron chi connectivity index (χ2n) is 4.27. The molecule has 0 bridgehead atoms. The predicted molar refractivity (Wildman–Crippen MR) is 62.1 cm³/mol. The maximum Gasteiger partial charge on any atom is 0.339 e. The van der Waals surface area contributed by atoms with Gasteiger partial charge in [0.05, 0.1) is 18.8 Å². The Balaban J connectivity index is 2.22. The molecule has 2 unspecified atom stereocenters. The second kappa shape index (κ2) is 4.75. The van der Waals surface area contributed by atoms with Gasteiger partial charge in [0.1, 0.15) is 11.9 Å². The quantitative estimate of drug-likeness (QED) is 0.813. The van der Waals surface area contributed by atoms with E-state index in [1.807, 2.05) is 6.07 Å². The van der Waals surface area contributed by atoms with Crippen molar-refractivity contribution >= 4 is 5.97 Å². The summed E-state index contributed by atoms with van der Waals surface area (Å²) in [6.07, 6.45) is 0.587. The van der Waals surface area contributed by atoms with E-state index in [0.717, 1.165) is 5.56 Å². The van der Waals surface area contributed by atoms with Gasteiger partial charge >= 0.3 is 5.97 Å². The Bertz CT molecular complexity index is 425. The highest BCUT2D eigenvalue weighted by atomic mass is 16.5. The summed E-state index contributed by atoms with van der Waals surface area (Å²) >= 11 is 0. The van der Waals surface area contributed by atoms with Gasteiger partial charge in [-0.05, 0) is 38.0 Å². The van der Waals surface area contributed by atoms with Crippen molar-refractivity contribution in [3.8, 4) is 5.75 Å². The SMILES string of the molecule is COc1ccc2c(c1)C(CCC(C)O)OC2=O. The largest absolute Gasteiger partial charge is 0.497 e. The molecular formula is C13H16O4. The zero-order valence-corrected chi connectivity index (χ0v) is 9.97. The van der Waals surface area contributed by atoms with Crippen molar-refractivity contribution in [1.29, 1.82) is 0 Å². The van der Waals surface area contributed by atoms with Crippen LogP contribution < -0.4 is 4.74 Å². The number of fused-ring (bicyclic) bond motifs is 1. The lowest BCUT2D eigenvalue weighted by atomic mass is 10.0. The average molecular weight is 236 g/mol. The first kappa shape index (κ1) is 11.9. The van der Waals surface area contributed by atoms with Gasteiger partial charge in [-0.2, -0.15) is 0 Å². The molecule has 0 spiro atoms. The number of rotatable bonds is 4. The topological polar surface area (TPSA) is 55.8 Å². The second-order valence-corrected chi connectivity index (χ2v) is 4.27. The molecule has 17 heavy (non-hydrogen) atoms. The summed E-state index contributed by atoms with van der Waals surface area (Å²) in [5.74, 6) is 0.419. The lowest BCUT2D eigenvalue weighted by Crippen LogP contribution is -2.05. The minimum absolute atomic E-state index is 0.262. The fourth-order valence-electron chi connectivity index (χ4n) is 1.98. The van der Waals surface area contributed by atoms with Gasteiger partial charge < -0.3 is 14.6 Å². The number of carbonyl (C=O) groups excluding carboxylic acids is 1. The van der Waals surface area contributed by atoms with Gasteiger partial charge in [-0.3, -0.25) is 0 Å². The molecule has 0 amide bonds. The van der Waals surface area contributed by atoms with Crippen molar-refractivity contribution in [3.63, 3.8) is 0 Å². The van der Waals surface area contributed by atoms with E-state index in [1.54, 1.807) is 26.2 Å². The molecule has 4 nitrogen and oxygen atoms in total. The molecule has 1 N–H and O–H groups in total. The summed E-state index contributed by atoms with van der Waals surface area (Å²) in [7, 11) is 1.59. The third-order valence-corrected chi connectivity index (χ3v) is 2.92. The van der Waals surface area contributed by atoms with E-state index >= 15 is 0 Å². The van der Waals surface area contributed by atoms with Crippen LogP contribution in [0.25, 0.3) is 0 Å². The Labute approximate surface area is 100 Å². The Morgan fingerprint density at radius 3 is 2.94 bits per heavy atom. The van der Waals surface area contributed by atoms with Crippen molar-refractivity contribution in [2.75, 3.05) is 7.11 Å². The highest BCUT2D eigenvalue weighted by Gasteiger charge is 2.31. The zero-order chi connectivity index (χ0) is 12.4. The van der Waals surface area contributed by atoms with Crippen molar-refractivity contribution in [2.45, 2.75) is 32.0 Å². The Morgan fingerprint density at radius 1 is 1.53 bits per heavy atom. The minimum Gasteiger partial charge on any atom is -0.497 e. The van der Waals surface area contributed by atoms with Crippen molar-refractivity contribution < 1.29 is 19.4 Å². The maximum atomic E-state index is 11.6. The Hall–Kier alpha value is -1.55. The fraction of sp³-hybridized carbons (Fsp3) is 0.462. The van der Waals surface area contributed by atoms with Gasteiger partial charge in [0.2, 0.25) is 0 Å². The molecule has 0 saturated carbocycles. The molecule has 0 saturated heterocycles. The van der Waals surface area contributed by atoms with Crippen LogP contribution in [-0.4, -0.2) is 24.3 Å². The standard InChI is InChI=1S/C13H16O4/c1-8(14)3-6-12-11-7-9(16-2)4-5-10(11)13(15)17-12/h4-5,7-8,12,14H,3,6H2,1-2H3. The number of aliphatic hydroxyl groups is 1. The Morgan fingerprint density at radius 2 is 2.29 bits per heavy atom. The molecule has 2 rings (SSSR count). The molecule has 1 aliphatic rings. The van der Waals surface area contributed by atoms with Crippen molar-refractivity contribution in [1.82, 2.24) is 0 Å². The number of ether oxygens (including phenoxy) is 2. The normalized spacial score (nSPS) is 19.7. The summed E-state index contributed by atoms with van der Waals surface area (Å²) in [4.78, 5) is 11.6. The number of cyclic esters (lactones) is 1. The van der Waals surface area contributed by atoms with Gasteiger partial charge in [0, 0.05) is 5.56 Å². The molecule has 1 aromatic carbocycles. The summed E-state index contributed by atoms with van der Waals surface area (Å²) in [6.45, 7) is 1.73. The van der Waals surface area contributed by atoms with Crippen LogP contribution in [0.3, 0.4) is 0 Å². The predicted octanol–water partition coefficient (Wildman–Crippen LogP) is 2.07. The third-order valence-electron chi connectivity index (χ3n) is 2.92. The number of methoxy groups -OCH3 is 1. The van der Waals surface area contributed by atoms with Crippen molar-refractivity contribution in [2.24, 2.45) is 0 Å². The van der Waals surface area contributed by atoms with Gasteiger partial charge in [-0.25, -0.2) is 4.79 Å². The molecule has 0 aliphatic carbocycles. The van der Waals surface area contributed by atoms with E-state index < -0.39 is 0 Å². The van der Waals surface area contributed by atoms with Gasteiger partial charge in [-0.15, -0.1) is 0 Å². The smallest absolute Gasteiger partial charge is 0.339 e. The van der Waals surface area contributed by atoms with Crippen LogP contribution in [0.4, 0.5) is 0 Å². The molecule has 2 atom stereocenters. The summed E-state index contributed by atoms with van der Waals surface area (Å²) in [6, 6.07) is 5.29. The Kier molecular flexibility index (Phi) is 3.33. The highest BCUT2D eigenvalue weighted by molar-refractivity contribution is 5.94. The molecule has 0 fully saturated rings. The summed E-state index contributed by atoms with van der Waals surface area (Å²) in [5.41, 5.74) is 1.45. The number of hydrogen-bond acceptors (Lipinski definition) is 4. The highest BCUT2D eigenvalue weighted by Crippen LogP contribution is 2.36. The van der Waals surface area contributed by atoms with Crippen LogP contribution in [0, 0.1) is 0 Å². The first-order chi connectivity index (χ1) is 8.11. The van der Waals surface area contributed by atoms with Gasteiger partial charge in [-0.1, -0.05) is 0 Å². The lowest BCUT2D eigenvalue weighted by Gasteiger charge is -2.12. The molecule has 92 valence electrons. The number of aliphatic hydroxyl groups excluding tert-OH is 1. The van der Waals surface area contributed by atoms with Crippen LogP contribution in [0.5, 0.6) is 5.75 Å². The lowest BCUT2D eigenvalue weighted by molar-refractivity contribution is 0.0332. The van der Waals surface area contributed by atoms with Gasteiger partial charge in [0.25, 0.3) is 0 Å². The van der Waals surface area contributed by atoms with Crippen LogP contribution in [0.15, 0.2) is 18.2 Å². The number of benzene rings is 1. The van der Waals surface area contributed by atoms with Crippen LogP contribution in [0.2, 0.25) is 0 Å². The van der Waals surface area contributed by atoms with E-state index in [9.17, 15) is 9.90 Å². The van der Waals surface area contributed by atoms with E-state index in [-0.39, 0.29) is 18.2 Å². The monoisotopic (exact) mass is 236 g/mol. The molecule has 1 aliphatic heterocycles. The number of carbonyl (C=O) groups is 1. The first-order valence-electron chi connectivity index (χ1n) is 5.69. The molecule has 0 aromatic heterocycles. The fourth-order valence-corrected chi connectivity index (χ4v) is 1.98. The summed E-state index contributed by atoms with van der Waals surface area (Å²) < 4.78 is 10.4. The number of esters is 1. The molecule has 4 heteroatoms.